The van der Waals surface area contributed by atoms with Crippen LogP contribution >= 0.6 is 0 Å². The molecule has 1 unspecified atom stereocenters. The summed E-state index contributed by atoms with van der Waals surface area (Å²) in [5, 5.41) is 8.71. The topological polar surface area (TPSA) is 124 Å². The van der Waals surface area contributed by atoms with Crippen LogP contribution in [0.3, 0.4) is 0 Å². The first-order valence-corrected chi connectivity index (χ1v) is 3.86. The molecule has 0 saturated heterocycles. The molecule has 13 heavy (non-hydrogen) atoms. The van der Waals surface area contributed by atoms with Crippen LogP contribution in [0.15, 0.2) is 6.20 Å². The monoisotopic (exact) mass is 183 g/mol. The van der Waals surface area contributed by atoms with Gasteiger partial charge in [-0.15, -0.1) is 0 Å². The molecule has 0 aliphatic carbocycles. The van der Waals surface area contributed by atoms with Crippen LogP contribution in [0.2, 0.25) is 0 Å². The molecule has 0 aliphatic rings. The molecule has 0 aliphatic heterocycles. The van der Waals surface area contributed by atoms with E-state index >= 15 is 0 Å². The largest absolute Gasteiger partial charge is 0.395 e. The molecule has 0 fully saturated rings. The Morgan fingerprint density at radius 1 is 1.46 bits per heavy atom. The molecule has 1 heterocycles. The Hall–Kier alpha value is -1.40. The maximum absolute atomic E-state index is 8.71. The van der Waals surface area contributed by atoms with Crippen molar-refractivity contribution in [1.82, 2.24) is 9.97 Å². The van der Waals surface area contributed by atoms with E-state index in [4.69, 9.17) is 22.3 Å². The predicted molar refractivity (Wildman–Crippen MR) is 49.6 cm³/mol. The number of hydrogen-bond acceptors (Lipinski definition) is 6. The lowest BCUT2D eigenvalue weighted by Gasteiger charge is -2.09. The number of aromatic nitrogens is 2. The second-order valence-corrected chi connectivity index (χ2v) is 2.79. The van der Waals surface area contributed by atoms with Crippen molar-refractivity contribution in [3.63, 3.8) is 0 Å². The van der Waals surface area contributed by atoms with Crippen molar-refractivity contribution < 1.29 is 5.11 Å². The van der Waals surface area contributed by atoms with Crippen LogP contribution in [0.1, 0.15) is 5.56 Å². The highest BCUT2D eigenvalue weighted by Gasteiger charge is 2.07. The Bertz CT molecular complexity index is 290. The summed E-state index contributed by atoms with van der Waals surface area (Å²) in [7, 11) is 0. The highest BCUT2D eigenvalue weighted by molar-refractivity contribution is 5.41. The second-order valence-electron chi connectivity index (χ2n) is 2.79. The van der Waals surface area contributed by atoms with Gasteiger partial charge in [-0.25, -0.2) is 4.98 Å². The lowest BCUT2D eigenvalue weighted by atomic mass is 10.1. The van der Waals surface area contributed by atoms with E-state index < -0.39 is 0 Å². The van der Waals surface area contributed by atoms with E-state index in [0.29, 0.717) is 17.8 Å². The number of nitrogens with two attached hydrogens (primary N) is 3. The van der Waals surface area contributed by atoms with E-state index in [0.717, 1.165) is 0 Å². The summed E-state index contributed by atoms with van der Waals surface area (Å²) in [6.45, 7) is -0.0934. The van der Waals surface area contributed by atoms with Gasteiger partial charge in [0.2, 0.25) is 5.95 Å². The van der Waals surface area contributed by atoms with Crippen molar-refractivity contribution in [3.8, 4) is 0 Å². The number of nitrogens with zero attached hydrogens (tertiary/aromatic N) is 2. The van der Waals surface area contributed by atoms with Crippen molar-refractivity contribution in [2.45, 2.75) is 12.5 Å². The van der Waals surface area contributed by atoms with Gasteiger partial charge in [-0.3, -0.25) is 0 Å². The molecule has 0 amide bonds. The lowest BCUT2D eigenvalue weighted by molar-refractivity contribution is 0.265. The van der Waals surface area contributed by atoms with E-state index in [1.165, 1.54) is 6.20 Å². The van der Waals surface area contributed by atoms with Gasteiger partial charge >= 0.3 is 0 Å². The number of anilines is 2. The summed E-state index contributed by atoms with van der Waals surface area (Å²) in [6.07, 6.45) is 1.97. The van der Waals surface area contributed by atoms with Crippen LogP contribution in [0.25, 0.3) is 0 Å². The molecule has 6 nitrogen and oxygen atoms in total. The number of nitrogen functional groups attached to an aromatic ring is 2. The molecule has 0 radical (unpaired) electrons. The van der Waals surface area contributed by atoms with Gasteiger partial charge in [0, 0.05) is 17.8 Å². The molecule has 1 aromatic rings. The Kier molecular flexibility index (Phi) is 2.99. The first-order valence-electron chi connectivity index (χ1n) is 3.86. The molecule has 1 atom stereocenters. The molecule has 0 saturated carbocycles. The minimum Gasteiger partial charge on any atom is -0.395 e. The van der Waals surface area contributed by atoms with E-state index in [2.05, 4.69) is 9.97 Å². The van der Waals surface area contributed by atoms with Crippen LogP contribution in [0.5, 0.6) is 0 Å². The van der Waals surface area contributed by atoms with Gasteiger partial charge in [-0.2, -0.15) is 4.98 Å². The normalized spacial score (nSPS) is 12.8. The summed E-state index contributed by atoms with van der Waals surface area (Å²) in [5.74, 6) is 0.454. The maximum Gasteiger partial charge on any atom is 0.221 e. The van der Waals surface area contributed by atoms with Gasteiger partial charge in [0.05, 0.1) is 6.61 Å². The van der Waals surface area contributed by atoms with E-state index in [1.54, 1.807) is 0 Å². The third-order valence-corrected chi connectivity index (χ3v) is 1.63. The third kappa shape index (κ3) is 2.53. The minimum absolute atomic E-state index is 0.0934. The summed E-state index contributed by atoms with van der Waals surface area (Å²) >= 11 is 0. The number of aliphatic hydroxyl groups is 1. The molecule has 6 heteroatoms. The predicted octanol–water partition coefficient (Wildman–Crippen LogP) is -1.50. The summed E-state index contributed by atoms with van der Waals surface area (Å²) < 4.78 is 0. The van der Waals surface area contributed by atoms with Gasteiger partial charge in [0.25, 0.3) is 0 Å². The van der Waals surface area contributed by atoms with Crippen LogP contribution in [-0.2, 0) is 6.42 Å². The Morgan fingerprint density at radius 2 is 2.15 bits per heavy atom. The Morgan fingerprint density at radius 3 is 2.69 bits per heavy atom. The smallest absolute Gasteiger partial charge is 0.221 e. The fourth-order valence-electron chi connectivity index (χ4n) is 0.939. The molecule has 0 bridgehead atoms. The first-order chi connectivity index (χ1) is 6.13. The summed E-state index contributed by atoms with van der Waals surface area (Å²) in [6, 6.07) is -0.338. The van der Waals surface area contributed by atoms with Crippen molar-refractivity contribution in [1.29, 1.82) is 0 Å². The number of aliphatic hydroxyl groups excluding tert-OH is 1. The van der Waals surface area contributed by atoms with Crippen LogP contribution in [-0.4, -0.2) is 27.7 Å². The number of hydrogen-bond donors (Lipinski definition) is 4. The molecular formula is C7H13N5O. The van der Waals surface area contributed by atoms with Crippen LogP contribution in [0, 0.1) is 0 Å². The lowest BCUT2D eigenvalue weighted by Crippen LogP contribution is -2.27. The van der Waals surface area contributed by atoms with Gasteiger partial charge in [-0.05, 0) is 6.42 Å². The third-order valence-electron chi connectivity index (χ3n) is 1.63. The highest BCUT2D eigenvalue weighted by atomic mass is 16.3. The van der Waals surface area contributed by atoms with Crippen molar-refractivity contribution in [2.75, 3.05) is 18.1 Å². The average molecular weight is 183 g/mol. The highest BCUT2D eigenvalue weighted by Crippen LogP contribution is 2.09. The Balaban J connectivity index is 2.77. The van der Waals surface area contributed by atoms with Gasteiger partial charge < -0.3 is 22.3 Å². The summed E-state index contributed by atoms with van der Waals surface area (Å²) in [4.78, 5) is 7.54. The molecule has 1 rings (SSSR count). The number of rotatable bonds is 3. The fraction of sp³-hybridized carbons (Fsp3) is 0.429. The van der Waals surface area contributed by atoms with Gasteiger partial charge in [-0.1, -0.05) is 0 Å². The zero-order valence-electron chi connectivity index (χ0n) is 7.14. The second kappa shape index (κ2) is 4.01. The van der Waals surface area contributed by atoms with Gasteiger partial charge in [0.15, 0.2) is 0 Å². The van der Waals surface area contributed by atoms with E-state index in [1.807, 2.05) is 0 Å². The van der Waals surface area contributed by atoms with Crippen molar-refractivity contribution in [2.24, 2.45) is 5.73 Å². The average Bonchev–Trinajstić information content (AvgIpc) is 2.09. The quantitative estimate of drug-likeness (QED) is 0.452. The van der Waals surface area contributed by atoms with Crippen LogP contribution in [0.4, 0.5) is 11.8 Å². The maximum atomic E-state index is 8.71. The molecule has 1 aromatic heterocycles. The zero-order chi connectivity index (χ0) is 9.84. The SMILES string of the molecule is Nc1ncc(CC(N)CO)c(N)n1. The van der Waals surface area contributed by atoms with Crippen molar-refractivity contribution in [3.05, 3.63) is 11.8 Å². The van der Waals surface area contributed by atoms with Crippen molar-refractivity contribution >= 4 is 11.8 Å². The van der Waals surface area contributed by atoms with E-state index in [-0.39, 0.29) is 18.6 Å². The summed E-state index contributed by atoms with van der Waals surface area (Å²) in [5.41, 5.74) is 17.1. The molecule has 7 N–H and O–H groups in total. The van der Waals surface area contributed by atoms with Crippen LogP contribution < -0.4 is 17.2 Å². The van der Waals surface area contributed by atoms with E-state index in [9.17, 15) is 0 Å². The molecule has 72 valence electrons. The van der Waals surface area contributed by atoms with Gasteiger partial charge in [0.1, 0.15) is 5.82 Å². The molecule has 0 spiro atoms. The molecular weight excluding hydrogens is 170 g/mol. The molecule has 0 aromatic carbocycles. The minimum atomic E-state index is -0.338. The first kappa shape index (κ1) is 9.69. The Labute approximate surface area is 75.8 Å². The standard InChI is InChI=1S/C7H13N5O/c8-5(3-13)1-4-2-11-7(10)12-6(4)9/h2,5,13H,1,3,8H2,(H4,9,10,11,12). The fourth-order valence-corrected chi connectivity index (χ4v) is 0.939. The zero-order valence-corrected chi connectivity index (χ0v) is 7.14.